The van der Waals surface area contributed by atoms with Crippen molar-refractivity contribution in [1.29, 1.82) is 0 Å². The number of nitrogens with one attached hydrogen (secondary N) is 1. The number of nitro groups is 1. The van der Waals surface area contributed by atoms with Crippen LogP contribution >= 0.6 is 0 Å². The van der Waals surface area contributed by atoms with E-state index in [2.05, 4.69) is 10.3 Å². The van der Waals surface area contributed by atoms with E-state index in [4.69, 9.17) is 5.73 Å². The van der Waals surface area contributed by atoms with Crippen LogP contribution in [-0.2, 0) is 0 Å². The molecule has 0 radical (unpaired) electrons. The first-order chi connectivity index (χ1) is 6.59. The van der Waals surface area contributed by atoms with E-state index >= 15 is 0 Å². The molecule has 0 saturated heterocycles. The average molecular weight is 196 g/mol. The molecule has 1 unspecified atom stereocenters. The first-order valence-corrected chi connectivity index (χ1v) is 4.19. The van der Waals surface area contributed by atoms with Gasteiger partial charge in [-0.3, -0.25) is 10.1 Å². The highest BCUT2D eigenvalue weighted by Crippen LogP contribution is 2.13. The standard InChI is InChI=1S/C8H12N4O2/c1-6(9)5-11-8-4-7(12(13)14)2-3-10-8/h2-4,6H,5,9H2,1H3,(H,10,11). The summed E-state index contributed by atoms with van der Waals surface area (Å²) in [7, 11) is 0. The van der Waals surface area contributed by atoms with Crippen molar-refractivity contribution >= 4 is 11.5 Å². The number of pyridine rings is 1. The van der Waals surface area contributed by atoms with Gasteiger partial charge in [-0.05, 0) is 6.92 Å². The molecule has 1 aromatic rings. The number of nitrogens with two attached hydrogens (primary N) is 1. The number of anilines is 1. The molecule has 0 fully saturated rings. The van der Waals surface area contributed by atoms with Crippen LogP contribution in [0.1, 0.15) is 6.92 Å². The average Bonchev–Trinajstić information content (AvgIpc) is 2.15. The van der Waals surface area contributed by atoms with Gasteiger partial charge in [-0.25, -0.2) is 4.98 Å². The van der Waals surface area contributed by atoms with E-state index in [9.17, 15) is 10.1 Å². The topological polar surface area (TPSA) is 94.1 Å². The molecule has 0 saturated carbocycles. The van der Waals surface area contributed by atoms with Crippen molar-refractivity contribution in [3.63, 3.8) is 0 Å². The van der Waals surface area contributed by atoms with Crippen LogP contribution in [0.4, 0.5) is 11.5 Å². The van der Waals surface area contributed by atoms with E-state index in [0.29, 0.717) is 12.4 Å². The van der Waals surface area contributed by atoms with Gasteiger partial charge >= 0.3 is 0 Å². The summed E-state index contributed by atoms with van der Waals surface area (Å²) in [6.45, 7) is 2.37. The molecule has 76 valence electrons. The summed E-state index contributed by atoms with van der Waals surface area (Å²) in [6, 6.07) is 2.70. The largest absolute Gasteiger partial charge is 0.368 e. The maximum atomic E-state index is 10.4. The summed E-state index contributed by atoms with van der Waals surface area (Å²) in [5, 5.41) is 13.3. The fourth-order valence-electron chi connectivity index (χ4n) is 0.895. The predicted molar refractivity (Wildman–Crippen MR) is 53.0 cm³/mol. The Morgan fingerprint density at radius 2 is 2.50 bits per heavy atom. The lowest BCUT2D eigenvalue weighted by Gasteiger charge is -2.07. The number of nitrogens with zero attached hydrogens (tertiary/aromatic N) is 2. The quantitative estimate of drug-likeness (QED) is 0.547. The SMILES string of the molecule is CC(N)CNc1cc([N+](=O)[O-])ccn1. The molecule has 0 bridgehead atoms. The Morgan fingerprint density at radius 3 is 3.07 bits per heavy atom. The van der Waals surface area contributed by atoms with Gasteiger partial charge in [0, 0.05) is 24.8 Å². The van der Waals surface area contributed by atoms with Gasteiger partial charge < -0.3 is 11.1 Å². The second-order valence-corrected chi connectivity index (χ2v) is 3.01. The lowest BCUT2D eigenvalue weighted by Crippen LogP contribution is -2.25. The smallest absolute Gasteiger partial charge is 0.274 e. The van der Waals surface area contributed by atoms with Crippen LogP contribution in [0.25, 0.3) is 0 Å². The fourth-order valence-corrected chi connectivity index (χ4v) is 0.895. The molecule has 1 heterocycles. The fraction of sp³-hybridized carbons (Fsp3) is 0.375. The Hall–Kier alpha value is -1.69. The number of aromatic nitrogens is 1. The van der Waals surface area contributed by atoms with E-state index in [0.717, 1.165) is 0 Å². The molecule has 6 heteroatoms. The molecule has 1 atom stereocenters. The monoisotopic (exact) mass is 196 g/mol. The number of rotatable bonds is 4. The first kappa shape index (κ1) is 10.4. The van der Waals surface area contributed by atoms with Crippen LogP contribution < -0.4 is 11.1 Å². The van der Waals surface area contributed by atoms with Gasteiger partial charge in [-0.2, -0.15) is 0 Å². The zero-order chi connectivity index (χ0) is 10.6. The zero-order valence-corrected chi connectivity index (χ0v) is 7.80. The minimum absolute atomic E-state index is 0.0175. The molecule has 14 heavy (non-hydrogen) atoms. The third-order valence-corrected chi connectivity index (χ3v) is 1.56. The van der Waals surface area contributed by atoms with Crippen molar-refractivity contribution in [2.45, 2.75) is 13.0 Å². The first-order valence-electron chi connectivity index (χ1n) is 4.19. The van der Waals surface area contributed by atoms with Crippen molar-refractivity contribution in [3.05, 3.63) is 28.4 Å². The Kier molecular flexibility index (Phi) is 3.35. The van der Waals surface area contributed by atoms with Crippen LogP contribution in [0.3, 0.4) is 0 Å². The maximum Gasteiger partial charge on any atom is 0.274 e. The molecule has 3 N–H and O–H groups in total. The molecular formula is C8H12N4O2. The normalized spacial score (nSPS) is 12.1. The zero-order valence-electron chi connectivity index (χ0n) is 7.80. The highest BCUT2D eigenvalue weighted by Gasteiger charge is 2.06. The summed E-state index contributed by atoms with van der Waals surface area (Å²) in [4.78, 5) is 13.9. The van der Waals surface area contributed by atoms with E-state index < -0.39 is 4.92 Å². The molecule has 0 spiro atoms. The summed E-state index contributed by atoms with van der Waals surface area (Å²) in [5.74, 6) is 0.469. The van der Waals surface area contributed by atoms with E-state index in [1.54, 1.807) is 0 Å². The molecular weight excluding hydrogens is 184 g/mol. The summed E-state index contributed by atoms with van der Waals surface area (Å²) in [5.41, 5.74) is 5.53. The van der Waals surface area contributed by atoms with Crippen molar-refractivity contribution in [2.75, 3.05) is 11.9 Å². The highest BCUT2D eigenvalue weighted by molar-refractivity contribution is 5.44. The second kappa shape index (κ2) is 4.52. The third kappa shape index (κ3) is 2.98. The van der Waals surface area contributed by atoms with Crippen molar-refractivity contribution in [3.8, 4) is 0 Å². The maximum absolute atomic E-state index is 10.4. The van der Waals surface area contributed by atoms with Gasteiger partial charge in [0.2, 0.25) is 0 Å². The molecule has 0 amide bonds. The Morgan fingerprint density at radius 1 is 1.79 bits per heavy atom. The minimum atomic E-state index is -0.460. The van der Waals surface area contributed by atoms with Crippen LogP contribution in [0.2, 0.25) is 0 Å². The minimum Gasteiger partial charge on any atom is -0.368 e. The summed E-state index contributed by atoms with van der Waals surface area (Å²) < 4.78 is 0. The molecule has 1 aromatic heterocycles. The number of hydrogen-bond donors (Lipinski definition) is 2. The summed E-state index contributed by atoms with van der Waals surface area (Å²) >= 11 is 0. The molecule has 0 aliphatic carbocycles. The van der Waals surface area contributed by atoms with Gasteiger partial charge in [0.25, 0.3) is 5.69 Å². The molecule has 1 rings (SSSR count). The molecule has 0 aliphatic heterocycles. The lowest BCUT2D eigenvalue weighted by molar-refractivity contribution is -0.384. The second-order valence-electron chi connectivity index (χ2n) is 3.01. The van der Waals surface area contributed by atoms with E-state index in [-0.39, 0.29) is 11.7 Å². The van der Waals surface area contributed by atoms with Crippen LogP contribution in [0.15, 0.2) is 18.3 Å². The predicted octanol–water partition coefficient (Wildman–Crippen LogP) is 0.749. The van der Waals surface area contributed by atoms with Crippen LogP contribution in [0.5, 0.6) is 0 Å². The highest BCUT2D eigenvalue weighted by atomic mass is 16.6. The molecule has 0 aliphatic rings. The van der Waals surface area contributed by atoms with Gasteiger partial charge in [0.15, 0.2) is 0 Å². The molecule has 6 nitrogen and oxygen atoms in total. The molecule has 0 aromatic carbocycles. The lowest BCUT2D eigenvalue weighted by atomic mass is 10.3. The summed E-state index contributed by atoms with van der Waals surface area (Å²) in [6.07, 6.45) is 1.39. The third-order valence-electron chi connectivity index (χ3n) is 1.56. The Balaban J connectivity index is 2.69. The van der Waals surface area contributed by atoms with Gasteiger partial charge in [0.1, 0.15) is 5.82 Å². The number of hydrogen-bond acceptors (Lipinski definition) is 5. The van der Waals surface area contributed by atoms with E-state index in [1.165, 1.54) is 18.3 Å². The van der Waals surface area contributed by atoms with Crippen molar-refractivity contribution in [1.82, 2.24) is 4.98 Å². The van der Waals surface area contributed by atoms with Crippen LogP contribution in [-0.4, -0.2) is 22.5 Å². The van der Waals surface area contributed by atoms with E-state index in [1.807, 2.05) is 6.92 Å². The van der Waals surface area contributed by atoms with Crippen molar-refractivity contribution < 1.29 is 4.92 Å². The van der Waals surface area contributed by atoms with Gasteiger partial charge in [0.05, 0.1) is 11.0 Å². The van der Waals surface area contributed by atoms with Gasteiger partial charge in [-0.15, -0.1) is 0 Å². The van der Waals surface area contributed by atoms with Crippen molar-refractivity contribution in [2.24, 2.45) is 5.73 Å². The Labute approximate surface area is 81.3 Å². The van der Waals surface area contributed by atoms with Gasteiger partial charge in [-0.1, -0.05) is 0 Å². The Bertz CT molecular complexity index is 327. The van der Waals surface area contributed by atoms with Crippen LogP contribution in [0, 0.1) is 10.1 Å².